The van der Waals surface area contributed by atoms with Crippen LogP contribution < -0.4 is 0 Å². The van der Waals surface area contributed by atoms with Crippen molar-refractivity contribution in [1.29, 1.82) is 0 Å². The van der Waals surface area contributed by atoms with Crippen LogP contribution in [0, 0.1) is 45.0 Å². The van der Waals surface area contributed by atoms with Crippen molar-refractivity contribution in [2.24, 2.45) is 0 Å². The molecular weight excluding hydrogens is 313 g/mol. The standard InChI is InChI=1S/Mn.2O.Ra/q+2;2*-2;+2. The first kappa shape index (κ1) is 39.1. The molecule has 0 heterocycles. The summed E-state index contributed by atoms with van der Waals surface area (Å²) in [6, 6.07) is 0. The summed E-state index contributed by atoms with van der Waals surface area (Å²) < 4.78 is 0. The Morgan fingerprint density at radius 2 is 0.750 bits per heavy atom. The minimum absolute atomic E-state index is 0. The van der Waals surface area contributed by atoms with Crippen LogP contribution in [0.4, 0.5) is 0 Å². The van der Waals surface area contributed by atoms with E-state index in [1.54, 1.807) is 0 Å². The van der Waals surface area contributed by atoms with E-state index in [0.29, 0.717) is 0 Å². The van der Waals surface area contributed by atoms with Gasteiger partial charge in [0.1, 0.15) is 0 Å². The van der Waals surface area contributed by atoms with Gasteiger partial charge >= 0.3 is 62.1 Å². The average Bonchev–Trinajstić information content (AvgIpc) is 0. The Hall–Kier alpha value is 1.91. The van der Waals surface area contributed by atoms with Crippen molar-refractivity contribution >= 4 is 0 Å². The first-order valence-electron chi connectivity index (χ1n) is 0. The van der Waals surface area contributed by atoms with Gasteiger partial charge in [0.05, 0.1) is 0 Å². The molecule has 0 fully saturated rings. The van der Waals surface area contributed by atoms with Gasteiger partial charge < -0.3 is 11.0 Å². The average molecular weight is 313 g/mol. The molecule has 0 aromatic rings. The zero-order valence-corrected chi connectivity index (χ0v) is 8.89. The number of rotatable bonds is 0. The monoisotopic (exact) mass is 313 g/mol. The minimum Gasteiger partial charge on any atom is -2.00 e. The van der Waals surface area contributed by atoms with E-state index >= 15 is 0 Å². The predicted molar refractivity (Wildman–Crippen MR) is 1.37 cm³/mol. The molecule has 21 valence electrons. The van der Waals surface area contributed by atoms with Crippen molar-refractivity contribution < 1.29 is 73.0 Å². The van der Waals surface area contributed by atoms with Crippen LogP contribution in [0.5, 0.6) is 0 Å². The molecule has 0 aliphatic rings. The second kappa shape index (κ2) is 20.6. The van der Waals surface area contributed by atoms with Crippen LogP contribution in [-0.4, -0.2) is 0 Å². The van der Waals surface area contributed by atoms with Crippen LogP contribution in [-0.2, 0) is 28.0 Å². The molecule has 0 saturated carbocycles. The maximum atomic E-state index is 0. The quantitative estimate of drug-likeness (QED) is 0.555. The van der Waals surface area contributed by atoms with Gasteiger partial charge in [-0.25, -0.2) is 0 Å². The van der Waals surface area contributed by atoms with Gasteiger partial charge in [0.25, 0.3) is 0 Å². The molecule has 0 saturated heterocycles. The Morgan fingerprint density at radius 3 is 0.750 bits per heavy atom. The van der Waals surface area contributed by atoms with E-state index in [2.05, 4.69) is 0 Å². The Morgan fingerprint density at radius 1 is 0.750 bits per heavy atom. The summed E-state index contributed by atoms with van der Waals surface area (Å²) in [5, 5.41) is 0. The summed E-state index contributed by atoms with van der Waals surface area (Å²) in [6.45, 7) is 0. The van der Waals surface area contributed by atoms with Gasteiger partial charge in [-0.3, -0.25) is 0 Å². The molecule has 0 bridgehead atoms. The van der Waals surface area contributed by atoms with Gasteiger partial charge in [-0.1, -0.05) is 0 Å². The molecule has 1 radical (unpaired) electrons. The molecule has 0 rings (SSSR count). The summed E-state index contributed by atoms with van der Waals surface area (Å²) in [5.74, 6) is 0. The van der Waals surface area contributed by atoms with Crippen LogP contribution in [0.1, 0.15) is 0 Å². The second-order valence-electron chi connectivity index (χ2n) is 0. The third kappa shape index (κ3) is 9.08. The molecule has 0 aromatic carbocycles. The summed E-state index contributed by atoms with van der Waals surface area (Å²) >= 11 is 0. The summed E-state index contributed by atoms with van der Waals surface area (Å²) in [6.07, 6.45) is 0. The predicted octanol–water partition coefficient (Wildman–Crippen LogP) is -0.240. The normalized spacial score (nSPS) is 0. The number of hydrogen-bond donors (Lipinski definition) is 0. The minimum atomic E-state index is 0. The zero-order valence-electron chi connectivity index (χ0n) is 1.90. The maximum absolute atomic E-state index is 0. The van der Waals surface area contributed by atoms with Crippen LogP contribution in [0.2, 0.25) is 0 Å². The van der Waals surface area contributed by atoms with Crippen LogP contribution in [0.15, 0.2) is 0 Å². The van der Waals surface area contributed by atoms with Crippen molar-refractivity contribution in [3.63, 3.8) is 0 Å². The smallest absolute Gasteiger partial charge is 2.00 e. The third-order valence-electron chi connectivity index (χ3n) is 0. The Labute approximate surface area is 71.9 Å². The van der Waals surface area contributed by atoms with E-state index in [-0.39, 0.29) is 73.0 Å². The Kier molecular flexibility index (Phi) is 201. The third-order valence-corrected chi connectivity index (χ3v) is 0. The summed E-state index contributed by atoms with van der Waals surface area (Å²) in [7, 11) is 0. The summed E-state index contributed by atoms with van der Waals surface area (Å²) in [4.78, 5) is 0. The molecule has 4 heavy (non-hydrogen) atoms. The molecule has 2 nitrogen and oxygen atoms in total. The first-order chi connectivity index (χ1) is 0. The molecule has 0 unspecified atom stereocenters. The van der Waals surface area contributed by atoms with Gasteiger partial charge in [0.15, 0.2) is 0 Å². The molecule has 0 atom stereocenters. The molecule has 0 aliphatic carbocycles. The van der Waals surface area contributed by atoms with Crippen LogP contribution >= 0.6 is 0 Å². The second-order valence-corrected chi connectivity index (χ2v) is 0. The van der Waals surface area contributed by atoms with Crippen molar-refractivity contribution in [1.82, 2.24) is 0 Å². The topological polar surface area (TPSA) is 57.0 Å². The molecular formula is MnO2Ra. The van der Waals surface area contributed by atoms with Gasteiger partial charge in [0, 0.05) is 0 Å². The van der Waals surface area contributed by atoms with E-state index in [1.165, 1.54) is 0 Å². The fourth-order valence-corrected chi connectivity index (χ4v) is 0. The molecule has 0 spiro atoms. The largest absolute Gasteiger partial charge is 2.00 e. The van der Waals surface area contributed by atoms with Crippen LogP contribution in [0.3, 0.4) is 0 Å². The van der Waals surface area contributed by atoms with Crippen molar-refractivity contribution in [2.45, 2.75) is 0 Å². The van der Waals surface area contributed by atoms with Gasteiger partial charge in [-0.05, 0) is 0 Å². The van der Waals surface area contributed by atoms with E-state index < -0.39 is 0 Å². The molecule has 4 heteroatoms. The number of hydrogen-bond acceptors (Lipinski definition) is 0. The van der Waals surface area contributed by atoms with Gasteiger partial charge in [-0.2, -0.15) is 0 Å². The fraction of sp³-hybridized carbons (Fsp3) is 0. The van der Waals surface area contributed by atoms with Crippen LogP contribution in [0.25, 0.3) is 0 Å². The Bertz CT molecular complexity index is 6.00. The molecule has 0 aromatic heterocycles. The van der Waals surface area contributed by atoms with Crippen molar-refractivity contribution in [3.05, 3.63) is 0 Å². The van der Waals surface area contributed by atoms with E-state index in [0.717, 1.165) is 0 Å². The zero-order chi connectivity index (χ0) is 0. The Balaban J connectivity index is 0. The molecule has 0 N–H and O–H groups in total. The molecule has 0 amide bonds. The van der Waals surface area contributed by atoms with E-state index in [4.69, 9.17) is 0 Å². The van der Waals surface area contributed by atoms with Gasteiger partial charge in [0.2, 0.25) is 0 Å². The van der Waals surface area contributed by atoms with Crippen molar-refractivity contribution in [3.8, 4) is 0 Å². The fourth-order valence-electron chi connectivity index (χ4n) is 0. The maximum Gasteiger partial charge on any atom is 2.00 e. The van der Waals surface area contributed by atoms with Gasteiger partial charge in [-0.15, -0.1) is 0 Å². The summed E-state index contributed by atoms with van der Waals surface area (Å²) in [5.41, 5.74) is 0. The molecule has 0 aliphatic heterocycles. The SMILES string of the molecule is [Mn+2].[O-2].[O-2].[Ra+2]. The van der Waals surface area contributed by atoms with Crippen molar-refractivity contribution in [2.75, 3.05) is 0 Å². The van der Waals surface area contributed by atoms with E-state index in [9.17, 15) is 0 Å². The van der Waals surface area contributed by atoms with E-state index in [1.807, 2.05) is 0 Å². The first-order valence-corrected chi connectivity index (χ1v) is 0.